The van der Waals surface area contributed by atoms with E-state index in [2.05, 4.69) is 47.2 Å². The summed E-state index contributed by atoms with van der Waals surface area (Å²) in [7, 11) is 0. The Morgan fingerprint density at radius 3 is 2.30 bits per heavy atom. The predicted octanol–water partition coefficient (Wildman–Crippen LogP) is 6.27. The molecule has 7 nitrogen and oxygen atoms in total. The SMILES string of the molecule is CCCCC(=O)Nc1ccc2nc(N3CCN(c4cccc(C)c4C)CC3)cc(C(=O)O)c2c1.Cl.Cl.Cl. The summed E-state index contributed by atoms with van der Waals surface area (Å²) in [5.41, 5.74) is 5.23. The number of fused-ring (bicyclic) bond motifs is 1. The number of carboxylic acids is 1. The maximum absolute atomic E-state index is 12.1. The van der Waals surface area contributed by atoms with Crippen LogP contribution in [0.4, 0.5) is 17.2 Å². The molecule has 0 bridgehead atoms. The number of aromatic carboxylic acids is 1. The number of piperazine rings is 1. The molecule has 1 fully saturated rings. The van der Waals surface area contributed by atoms with E-state index in [1.54, 1.807) is 24.3 Å². The average Bonchev–Trinajstić information content (AvgIpc) is 2.84. The zero-order chi connectivity index (χ0) is 24.2. The number of carboxylic acid groups (broad SMARTS) is 1. The van der Waals surface area contributed by atoms with Gasteiger partial charge >= 0.3 is 5.97 Å². The molecule has 37 heavy (non-hydrogen) atoms. The van der Waals surface area contributed by atoms with Gasteiger partial charge in [-0.1, -0.05) is 25.5 Å². The predicted molar refractivity (Wildman–Crippen MR) is 159 cm³/mol. The number of aromatic nitrogens is 1. The Kier molecular flexibility index (Phi) is 12.4. The second-order valence-electron chi connectivity index (χ2n) is 8.91. The molecular weight excluding hydrogens is 535 g/mol. The van der Waals surface area contributed by atoms with E-state index in [1.165, 1.54) is 16.8 Å². The van der Waals surface area contributed by atoms with Gasteiger partial charge in [0.25, 0.3) is 0 Å². The summed E-state index contributed by atoms with van der Waals surface area (Å²) >= 11 is 0. The molecule has 0 aliphatic carbocycles. The highest BCUT2D eigenvalue weighted by molar-refractivity contribution is 6.05. The largest absolute Gasteiger partial charge is 0.478 e. The van der Waals surface area contributed by atoms with Gasteiger partial charge in [-0.05, 0) is 61.7 Å². The van der Waals surface area contributed by atoms with Crippen LogP contribution < -0.4 is 15.1 Å². The number of aryl methyl sites for hydroxylation is 1. The number of hydrogen-bond acceptors (Lipinski definition) is 5. The van der Waals surface area contributed by atoms with Gasteiger partial charge in [0.1, 0.15) is 5.82 Å². The molecule has 3 aromatic rings. The first-order valence-electron chi connectivity index (χ1n) is 11.9. The molecule has 1 saturated heterocycles. The van der Waals surface area contributed by atoms with Crippen molar-refractivity contribution in [1.82, 2.24) is 4.98 Å². The lowest BCUT2D eigenvalue weighted by atomic mass is 10.1. The first-order valence-corrected chi connectivity index (χ1v) is 11.9. The summed E-state index contributed by atoms with van der Waals surface area (Å²) < 4.78 is 0. The third-order valence-electron chi connectivity index (χ3n) is 6.59. The number of nitrogens with zero attached hydrogens (tertiary/aromatic N) is 3. The Bertz CT molecular complexity index is 1230. The first kappa shape index (κ1) is 32.3. The highest BCUT2D eigenvalue weighted by Crippen LogP contribution is 2.29. The van der Waals surface area contributed by atoms with Crippen LogP contribution in [0.2, 0.25) is 0 Å². The van der Waals surface area contributed by atoms with Gasteiger partial charge in [0, 0.05) is 49.4 Å². The molecule has 4 rings (SSSR count). The quantitative estimate of drug-likeness (QED) is 0.349. The fourth-order valence-corrected chi connectivity index (χ4v) is 4.44. The maximum Gasteiger partial charge on any atom is 0.336 e. The molecule has 0 radical (unpaired) electrons. The van der Waals surface area contributed by atoms with Crippen LogP contribution in [0.15, 0.2) is 42.5 Å². The summed E-state index contributed by atoms with van der Waals surface area (Å²) in [6.45, 7) is 9.53. The second kappa shape index (κ2) is 14.3. The fourth-order valence-electron chi connectivity index (χ4n) is 4.44. The van der Waals surface area contributed by atoms with E-state index in [4.69, 9.17) is 4.98 Å². The number of carbonyl (C=O) groups excluding carboxylic acids is 1. The van der Waals surface area contributed by atoms with Gasteiger partial charge in [0.2, 0.25) is 5.91 Å². The number of pyridine rings is 1. The van der Waals surface area contributed by atoms with Crippen LogP contribution in [0.1, 0.15) is 47.7 Å². The molecule has 202 valence electrons. The van der Waals surface area contributed by atoms with Gasteiger partial charge < -0.3 is 20.2 Å². The van der Waals surface area contributed by atoms with Crippen molar-refractivity contribution in [2.24, 2.45) is 0 Å². The zero-order valence-corrected chi connectivity index (χ0v) is 23.8. The summed E-state index contributed by atoms with van der Waals surface area (Å²) in [5.74, 6) is -0.397. The van der Waals surface area contributed by atoms with Crippen molar-refractivity contribution in [2.45, 2.75) is 40.0 Å². The highest BCUT2D eigenvalue weighted by atomic mass is 35.5. The van der Waals surface area contributed by atoms with E-state index >= 15 is 0 Å². The normalized spacial score (nSPS) is 12.7. The smallest absolute Gasteiger partial charge is 0.336 e. The molecule has 2 heterocycles. The lowest BCUT2D eigenvalue weighted by molar-refractivity contribution is -0.116. The van der Waals surface area contributed by atoms with E-state index in [9.17, 15) is 14.7 Å². The molecule has 2 N–H and O–H groups in total. The van der Waals surface area contributed by atoms with Crippen LogP contribution in [-0.4, -0.2) is 48.1 Å². The molecule has 0 unspecified atom stereocenters. The number of carbonyl (C=O) groups is 2. The van der Waals surface area contributed by atoms with E-state index in [1.807, 2.05) is 6.92 Å². The van der Waals surface area contributed by atoms with Crippen molar-refractivity contribution in [3.8, 4) is 0 Å². The van der Waals surface area contributed by atoms with Crippen molar-refractivity contribution in [3.63, 3.8) is 0 Å². The van der Waals surface area contributed by atoms with Gasteiger partial charge in [-0.2, -0.15) is 0 Å². The van der Waals surface area contributed by atoms with E-state index in [0.717, 1.165) is 39.0 Å². The molecule has 10 heteroatoms. The van der Waals surface area contributed by atoms with E-state index < -0.39 is 5.97 Å². The van der Waals surface area contributed by atoms with Crippen LogP contribution in [0, 0.1) is 13.8 Å². The van der Waals surface area contributed by atoms with Crippen molar-refractivity contribution >= 4 is 77.2 Å². The Morgan fingerprint density at radius 2 is 1.65 bits per heavy atom. The third kappa shape index (κ3) is 7.40. The number of amides is 1. The molecule has 0 saturated carbocycles. The molecular formula is C27H35Cl3N4O3. The maximum atomic E-state index is 12.1. The summed E-state index contributed by atoms with van der Waals surface area (Å²) in [6.07, 6.45) is 2.22. The second-order valence-corrected chi connectivity index (χ2v) is 8.91. The molecule has 1 aliphatic rings. The Hall–Kier alpha value is -2.74. The molecule has 0 spiro atoms. The Labute approximate surface area is 236 Å². The van der Waals surface area contributed by atoms with Crippen LogP contribution in [0.25, 0.3) is 10.9 Å². The van der Waals surface area contributed by atoms with Crippen LogP contribution >= 0.6 is 37.2 Å². The molecule has 1 aliphatic heterocycles. The minimum atomic E-state index is -1.00. The molecule has 1 amide bonds. The van der Waals surface area contributed by atoms with Crippen LogP contribution in [0.3, 0.4) is 0 Å². The fraction of sp³-hybridized carbons (Fsp3) is 0.370. The topological polar surface area (TPSA) is 85.8 Å². The van der Waals surface area contributed by atoms with Crippen LogP contribution in [0.5, 0.6) is 0 Å². The van der Waals surface area contributed by atoms with Crippen molar-refractivity contribution in [1.29, 1.82) is 0 Å². The molecule has 1 aromatic heterocycles. The minimum Gasteiger partial charge on any atom is -0.478 e. The standard InChI is InChI=1S/C27H32N4O3.3ClH/c1-4-5-9-26(32)28-20-10-11-23-21(16-20)22(27(33)34)17-25(29-23)31-14-12-30(13-15-31)24-8-6-7-18(2)19(24)3;;;/h6-8,10-11,16-17H,4-5,9,12-15H2,1-3H3,(H,28,32)(H,33,34);3*1H. The molecule has 0 atom stereocenters. The molecule has 2 aromatic carbocycles. The number of unbranched alkanes of at least 4 members (excludes halogenated alkanes) is 1. The number of rotatable bonds is 7. The lowest BCUT2D eigenvalue weighted by Gasteiger charge is -2.37. The summed E-state index contributed by atoms with van der Waals surface area (Å²) in [4.78, 5) is 33.5. The van der Waals surface area contributed by atoms with Crippen molar-refractivity contribution < 1.29 is 14.7 Å². The Morgan fingerprint density at radius 1 is 0.973 bits per heavy atom. The van der Waals surface area contributed by atoms with Gasteiger partial charge in [0.15, 0.2) is 0 Å². The van der Waals surface area contributed by atoms with Gasteiger partial charge in [0.05, 0.1) is 11.1 Å². The van der Waals surface area contributed by atoms with Crippen molar-refractivity contribution in [3.05, 3.63) is 59.2 Å². The monoisotopic (exact) mass is 568 g/mol. The summed E-state index contributed by atoms with van der Waals surface area (Å²) in [5, 5.41) is 13.3. The van der Waals surface area contributed by atoms with Gasteiger partial charge in [-0.3, -0.25) is 4.79 Å². The minimum absolute atomic E-state index is 0. The number of nitrogens with one attached hydrogen (secondary N) is 1. The Balaban J connectivity index is 0.00000228. The number of hydrogen-bond donors (Lipinski definition) is 2. The number of anilines is 3. The van der Waals surface area contributed by atoms with Gasteiger partial charge in [-0.15, -0.1) is 37.2 Å². The van der Waals surface area contributed by atoms with Gasteiger partial charge in [-0.25, -0.2) is 9.78 Å². The zero-order valence-electron chi connectivity index (χ0n) is 21.3. The average molecular weight is 570 g/mol. The lowest BCUT2D eigenvalue weighted by Crippen LogP contribution is -2.47. The van der Waals surface area contributed by atoms with E-state index in [-0.39, 0.29) is 48.7 Å². The van der Waals surface area contributed by atoms with Crippen molar-refractivity contribution in [2.75, 3.05) is 41.3 Å². The number of benzene rings is 2. The van der Waals surface area contributed by atoms with E-state index in [0.29, 0.717) is 28.8 Å². The van der Waals surface area contributed by atoms with Crippen LogP contribution in [-0.2, 0) is 4.79 Å². The highest BCUT2D eigenvalue weighted by Gasteiger charge is 2.22. The number of halogens is 3. The summed E-state index contributed by atoms with van der Waals surface area (Å²) in [6, 6.07) is 13.3. The third-order valence-corrected chi connectivity index (χ3v) is 6.59. The first-order chi connectivity index (χ1) is 16.4.